The van der Waals surface area contributed by atoms with Gasteiger partial charge in [-0.25, -0.2) is 0 Å². The summed E-state index contributed by atoms with van der Waals surface area (Å²) in [7, 11) is 1.63. The van der Waals surface area contributed by atoms with Crippen LogP contribution in [0.2, 0.25) is 0 Å². The molecule has 1 heterocycles. The van der Waals surface area contributed by atoms with Crippen molar-refractivity contribution in [2.45, 2.75) is 50.6 Å². The van der Waals surface area contributed by atoms with Gasteiger partial charge in [-0.15, -0.1) is 0 Å². The van der Waals surface area contributed by atoms with Crippen LogP contribution in [0.3, 0.4) is 0 Å². The summed E-state index contributed by atoms with van der Waals surface area (Å²) in [5, 5.41) is 3.21. The lowest BCUT2D eigenvalue weighted by Gasteiger charge is -2.49. The van der Waals surface area contributed by atoms with E-state index in [4.69, 9.17) is 4.74 Å². The third-order valence-electron chi connectivity index (χ3n) is 6.09. The summed E-state index contributed by atoms with van der Waals surface area (Å²) < 4.78 is 5.45. The van der Waals surface area contributed by atoms with Crippen LogP contribution in [0.5, 0.6) is 5.75 Å². The van der Waals surface area contributed by atoms with Gasteiger partial charge in [0.15, 0.2) is 5.54 Å². The van der Waals surface area contributed by atoms with Gasteiger partial charge in [0.1, 0.15) is 5.75 Å². The Hall–Kier alpha value is -3.08. The molecule has 0 radical (unpaired) electrons. The van der Waals surface area contributed by atoms with Crippen molar-refractivity contribution in [2.75, 3.05) is 12.0 Å². The summed E-state index contributed by atoms with van der Waals surface area (Å²) in [4.78, 5) is 27.9. The first-order chi connectivity index (χ1) is 14.5. The third-order valence-corrected chi connectivity index (χ3v) is 6.09. The molecule has 1 aliphatic carbocycles. The number of amides is 2. The minimum Gasteiger partial charge on any atom is -0.496 e. The van der Waals surface area contributed by atoms with Crippen LogP contribution in [0.25, 0.3) is 6.08 Å². The Morgan fingerprint density at radius 2 is 1.93 bits per heavy atom. The zero-order chi connectivity index (χ0) is 21.1. The first kappa shape index (κ1) is 20.2. The highest BCUT2D eigenvalue weighted by Gasteiger charge is 2.56. The molecule has 4 rings (SSSR count). The molecule has 2 fully saturated rings. The molecule has 5 heteroatoms. The highest BCUT2D eigenvalue weighted by molar-refractivity contribution is 6.15. The zero-order valence-corrected chi connectivity index (χ0v) is 17.6. The highest BCUT2D eigenvalue weighted by atomic mass is 16.5. The van der Waals surface area contributed by atoms with Gasteiger partial charge in [-0.1, -0.05) is 49.2 Å². The van der Waals surface area contributed by atoms with Crippen molar-refractivity contribution in [1.82, 2.24) is 5.32 Å². The summed E-state index contributed by atoms with van der Waals surface area (Å²) in [6.07, 6.45) is 8.17. The fraction of sp³-hybridized carbons (Fsp3) is 0.360. The number of ether oxygens (including phenoxy) is 1. The van der Waals surface area contributed by atoms with E-state index >= 15 is 0 Å². The average molecular weight is 405 g/mol. The SMILES string of the molecule is COc1ccccc1C=CC1(C(=O)NC2CCCC2)CC(=O)N1c1cccc(C)c1. The van der Waals surface area contributed by atoms with Gasteiger partial charge in [-0.2, -0.15) is 0 Å². The second-order valence-electron chi connectivity index (χ2n) is 8.20. The van der Waals surface area contributed by atoms with Crippen molar-refractivity contribution in [3.8, 4) is 5.75 Å². The van der Waals surface area contributed by atoms with Gasteiger partial charge in [0, 0.05) is 17.3 Å². The van der Waals surface area contributed by atoms with Gasteiger partial charge >= 0.3 is 0 Å². The molecule has 1 unspecified atom stereocenters. The monoisotopic (exact) mass is 404 g/mol. The van der Waals surface area contributed by atoms with Crippen molar-refractivity contribution in [3.05, 3.63) is 65.7 Å². The first-order valence-corrected chi connectivity index (χ1v) is 10.6. The molecule has 0 spiro atoms. The Balaban J connectivity index is 1.72. The van der Waals surface area contributed by atoms with Crippen molar-refractivity contribution in [2.24, 2.45) is 0 Å². The molecule has 2 amide bonds. The van der Waals surface area contributed by atoms with E-state index < -0.39 is 5.54 Å². The van der Waals surface area contributed by atoms with Gasteiger partial charge in [-0.3, -0.25) is 14.5 Å². The van der Waals surface area contributed by atoms with E-state index in [1.165, 1.54) is 0 Å². The lowest BCUT2D eigenvalue weighted by atomic mass is 9.80. The minimum atomic E-state index is -1.03. The summed E-state index contributed by atoms with van der Waals surface area (Å²) in [6, 6.07) is 15.6. The molecule has 1 saturated carbocycles. The number of carbonyl (C=O) groups excluding carboxylic acids is 2. The molecule has 2 aliphatic rings. The summed E-state index contributed by atoms with van der Waals surface area (Å²) in [6.45, 7) is 1.98. The fourth-order valence-corrected chi connectivity index (χ4v) is 4.46. The molecule has 0 aromatic heterocycles. The second kappa shape index (κ2) is 8.34. The van der Waals surface area contributed by atoms with Crippen LogP contribution in [0.15, 0.2) is 54.6 Å². The van der Waals surface area contributed by atoms with E-state index in [9.17, 15) is 9.59 Å². The number of carbonyl (C=O) groups is 2. The number of hydrogen-bond acceptors (Lipinski definition) is 3. The van der Waals surface area contributed by atoms with E-state index in [0.29, 0.717) is 0 Å². The highest BCUT2D eigenvalue weighted by Crippen LogP contribution is 2.40. The summed E-state index contributed by atoms with van der Waals surface area (Å²) >= 11 is 0. The van der Waals surface area contributed by atoms with Gasteiger partial charge in [0.25, 0.3) is 5.91 Å². The average Bonchev–Trinajstić information content (AvgIpc) is 3.24. The normalized spacial score (nSPS) is 21.7. The molecule has 1 N–H and O–H groups in total. The number of para-hydroxylation sites is 1. The Labute approximate surface area is 177 Å². The lowest BCUT2D eigenvalue weighted by Crippen LogP contribution is -2.70. The summed E-state index contributed by atoms with van der Waals surface area (Å²) in [5.74, 6) is 0.571. The molecule has 5 nitrogen and oxygen atoms in total. The van der Waals surface area contributed by atoms with Gasteiger partial charge < -0.3 is 10.1 Å². The lowest BCUT2D eigenvalue weighted by molar-refractivity contribution is -0.137. The molecule has 2 aromatic rings. The number of rotatable bonds is 6. The van der Waals surface area contributed by atoms with E-state index in [-0.39, 0.29) is 24.3 Å². The van der Waals surface area contributed by atoms with Gasteiger partial charge in [0.2, 0.25) is 5.91 Å². The zero-order valence-electron chi connectivity index (χ0n) is 17.6. The number of nitrogens with one attached hydrogen (secondary N) is 1. The predicted molar refractivity (Wildman–Crippen MR) is 118 cm³/mol. The number of β-lactam (4-membered cyclic amide) rings is 1. The predicted octanol–water partition coefficient (Wildman–Crippen LogP) is 4.25. The Morgan fingerprint density at radius 3 is 2.63 bits per heavy atom. The van der Waals surface area contributed by atoms with Crippen LogP contribution in [0.4, 0.5) is 5.69 Å². The first-order valence-electron chi connectivity index (χ1n) is 10.6. The van der Waals surface area contributed by atoms with Crippen LogP contribution in [-0.4, -0.2) is 30.5 Å². The van der Waals surface area contributed by atoms with E-state index in [0.717, 1.165) is 48.2 Å². The summed E-state index contributed by atoms with van der Waals surface area (Å²) in [5.41, 5.74) is 1.63. The minimum absolute atomic E-state index is 0.0492. The van der Waals surface area contributed by atoms with Gasteiger partial charge in [-0.05, 0) is 49.6 Å². The number of hydrogen-bond donors (Lipinski definition) is 1. The van der Waals surface area contributed by atoms with E-state index in [1.54, 1.807) is 12.0 Å². The molecular formula is C25H28N2O3. The fourth-order valence-electron chi connectivity index (χ4n) is 4.46. The van der Waals surface area contributed by atoms with Crippen LogP contribution in [0, 0.1) is 6.92 Å². The quantitative estimate of drug-likeness (QED) is 0.732. The number of benzene rings is 2. The van der Waals surface area contributed by atoms with E-state index in [2.05, 4.69) is 5.32 Å². The number of nitrogens with zero attached hydrogens (tertiary/aromatic N) is 1. The maximum Gasteiger partial charge on any atom is 0.251 e. The van der Waals surface area contributed by atoms with Crippen molar-refractivity contribution >= 4 is 23.6 Å². The maximum absolute atomic E-state index is 13.5. The Kier molecular flexibility index (Phi) is 5.62. The van der Waals surface area contributed by atoms with Crippen LogP contribution in [0.1, 0.15) is 43.2 Å². The van der Waals surface area contributed by atoms with E-state index in [1.807, 2.05) is 67.6 Å². The molecule has 0 bridgehead atoms. The van der Waals surface area contributed by atoms with Crippen molar-refractivity contribution < 1.29 is 14.3 Å². The standard InChI is InChI=1S/C25H28N2O3/c1-18-8-7-12-21(16-18)27-23(28)17-25(27,24(29)26-20-10-4-5-11-20)15-14-19-9-3-6-13-22(19)30-2/h3,6-9,12-16,20H,4-5,10-11,17H2,1-2H3,(H,26,29). The topological polar surface area (TPSA) is 58.6 Å². The Morgan fingerprint density at radius 1 is 1.17 bits per heavy atom. The smallest absolute Gasteiger partial charge is 0.251 e. The van der Waals surface area contributed by atoms with Gasteiger partial charge in [0.05, 0.1) is 13.5 Å². The van der Waals surface area contributed by atoms with Crippen LogP contribution in [-0.2, 0) is 9.59 Å². The molecular weight excluding hydrogens is 376 g/mol. The molecule has 1 saturated heterocycles. The van der Waals surface area contributed by atoms with Crippen molar-refractivity contribution in [1.29, 1.82) is 0 Å². The van der Waals surface area contributed by atoms with Crippen LogP contribution >= 0.6 is 0 Å². The molecule has 30 heavy (non-hydrogen) atoms. The largest absolute Gasteiger partial charge is 0.496 e. The molecule has 1 atom stereocenters. The van der Waals surface area contributed by atoms with Crippen LogP contribution < -0.4 is 15.0 Å². The third kappa shape index (κ3) is 3.72. The number of methoxy groups -OCH3 is 1. The van der Waals surface area contributed by atoms with Crippen molar-refractivity contribution in [3.63, 3.8) is 0 Å². The Bertz CT molecular complexity index is 978. The number of anilines is 1. The maximum atomic E-state index is 13.5. The second-order valence-corrected chi connectivity index (χ2v) is 8.20. The number of aryl methyl sites for hydroxylation is 1. The molecule has 2 aromatic carbocycles. The molecule has 156 valence electrons. The molecule has 1 aliphatic heterocycles.